The van der Waals surface area contributed by atoms with E-state index in [9.17, 15) is 28.1 Å². The monoisotopic (exact) mass is 644 g/mol. The van der Waals surface area contributed by atoms with Gasteiger partial charge in [-0.15, -0.1) is 0 Å². The summed E-state index contributed by atoms with van der Waals surface area (Å²) in [7, 11) is -3.27. The van der Waals surface area contributed by atoms with E-state index in [1.807, 2.05) is 38.1 Å². The van der Waals surface area contributed by atoms with Gasteiger partial charge in [0.1, 0.15) is 18.3 Å². The quantitative estimate of drug-likeness (QED) is 0.183. The number of amides is 2. The number of halogens is 1. The van der Waals surface area contributed by atoms with Gasteiger partial charge in [0.25, 0.3) is 15.7 Å². The molecule has 3 rings (SSSR count). The van der Waals surface area contributed by atoms with Gasteiger partial charge in [-0.05, 0) is 56.5 Å². The lowest BCUT2D eigenvalue weighted by molar-refractivity contribution is -0.385. The summed E-state index contributed by atoms with van der Waals surface area (Å²) in [6.07, 6.45) is 0.960. The fraction of sp³-hybridized carbons (Fsp3) is 0.355. The number of aryl methyl sites for hydroxylation is 2. The highest BCUT2D eigenvalue weighted by atomic mass is 35.5. The van der Waals surface area contributed by atoms with Crippen LogP contribution in [-0.2, 0) is 26.2 Å². The Balaban J connectivity index is 2.18. The molecule has 0 saturated carbocycles. The normalized spacial score (nSPS) is 11.9. The van der Waals surface area contributed by atoms with E-state index in [4.69, 9.17) is 16.3 Å². The van der Waals surface area contributed by atoms with E-state index in [2.05, 4.69) is 5.32 Å². The number of benzene rings is 3. The van der Waals surface area contributed by atoms with Gasteiger partial charge in [0.15, 0.2) is 0 Å². The van der Waals surface area contributed by atoms with E-state index in [-0.39, 0.29) is 40.9 Å². The van der Waals surface area contributed by atoms with Crippen LogP contribution in [-0.4, -0.2) is 56.3 Å². The number of rotatable bonds is 14. The number of nitro benzene ring substituents is 1. The zero-order valence-corrected chi connectivity index (χ0v) is 26.9. The standard InChI is InChI=1S/C31H37ClN4O7S/c1-6-15-33-31(38)26(7-2)34(19-23-10-8-9-21(3)16-23)30(37)20-35(28-17-24(32)12-14-29(28)43-5)44(41,42)25-13-11-22(4)27(18-25)36(39)40/h8-14,16-18,26H,6-7,15,19-20H2,1-5H3,(H,33,38)/t26-/m1/s1. The molecule has 0 spiro atoms. The van der Waals surface area contributed by atoms with Gasteiger partial charge in [-0.2, -0.15) is 0 Å². The molecular weight excluding hydrogens is 608 g/mol. The molecule has 44 heavy (non-hydrogen) atoms. The lowest BCUT2D eigenvalue weighted by Crippen LogP contribution is -2.52. The summed E-state index contributed by atoms with van der Waals surface area (Å²) in [6.45, 7) is 6.78. The van der Waals surface area contributed by atoms with Gasteiger partial charge in [0.05, 0.1) is 22.6 Å². The Hall–Kier alpha value is -4.16. The van der Waals surface area contributed by atoms with Crippen molar-refractivity contribution < 1.29 is 27.7 Å². The molecule has 1 N–H and O–H groups in total. The van der Waals surface area contributed by atoms with Crippen LogP contribution in [0.4, 0.5) is 11.4 Å². The molecule has 11 nitrogen and oxygen atoms in total. The van der Waals surface area contributed by atoms with Crippen molar-refractivity contribution in [3.8, 4) is 5.75 Å². The van der Waals surface area contributed by atoms with Crippen LogP contribution in [0.5, 0.6) is 5.75 Å². The van der Waals surface area contributed by atoms with E-state index in [0.717, 1.165) is 21.5 Å². The maximum atomic E-state index is 14.2. The fourth-order valence-corrected chi connectivity index (χ4v) is 6.34. The minimum absolute atomic E-state index is 0.0368. The SMILES string of the molecule is CCCNC(=O)[C@@H](CC)N(Cc1cccc(C)c1)C(=O)CN(c1cc(Cl)ccc1OC)S(=O)(=O)c1ccc(C)c([N+](=O)[O-])c1. The Morgan fingerprint density at radius 3 is 2.41 bits per heavy atom. The molecule has 1 atom stereocenters. The topological polar surface area (TPSA) is 139 Å². The van der Waals surface area contributed by atoms with Gasteiger partial charge in [-0.1, -0.05) is 61.3 Å². The number of sulfonamides is 1. The molecule has 0 aliphatic carbocycles. The summed E-state index contributed by atoms with van der Waals surface area (Å²) >= 11 is 6.27. The smallest absolute Gasteiger partial charge is 0.273 e. The molecule has 3 aromatic carbocycles. The van der Waals surface area contributed by atoms with E-state index < -0.39 is 44.0 Å². The first-order chi connectivity index (χ1) is 20.8. The van der Waals surface area contributed by atoms with Crippen LogP contribution in [0.2, 0.25) is 5.02 Å². The third-order valence-corrected chi connectivity index (χ3v) is 9.02. The molecule has 236 valence electrons. The second-order valence-electron chi connectivity index (χ2n) is 10.3. The first kappa shape index (κ1) is 34.3. The Kier molecular flexibility index (Phi) is 11.7. The molecule has 0 saturated heterocycles. The van der Waals surface area contributed by atoms with Crippen LogP contribution >= 0.6 is 11.6 Å². The molecule has 0 aliphatic rings. The number of anilines is 1. The molecule has 0 fully saturated rings. The first-order valence-corrected chi connectivity index (χ1v) is 15.9. The van der Waals surface area contributed by atoms with Crippen molar-refractivity contribution in [2.75, 3.05) is 24.5 Å². The minimum Gasteiger partial charge on any atom is -0.495 e. The van der Waals surface area contributed by atoms with Crippen molar-refractivity contribution >= 4 is 44.8 Å². The lowest BCUT2D eigenvalue weighted by atomic mass is 10.1. The van der Waals surface area contributed by atoms with Crippen molar-refractivity contribution in [1.82, 2.24) is 10.2 Å². The Bertz CT molecular complexity index is 1630. The number of nitrogens with zero attached hydrogens (tertiary/aromatic N) is 3. The summed E-state index contributed by atoms with van der Waals surface area (Å²) in [4.78, 5) is 39.4. The number of carbonyl (C=O) groups is 2. The number of nitrogens with one attached hydrogen (secondary N) is 1. The molecule has 0 aromatic heterocycles. The second-order valence-corrected chi connectivity index (χ2v) is 12.6. The Labute approximate surface area is 263 Å². The van der Waals surface area contributed by atoms with E-state index in [0.29, 0.717) is 13.0 Å². The van der Waals surface area contributed by atoms with Gasteiger partial charge >= 0.3 is 0 Å². The van der Waals surface area contributed by atoms with Gasteiger partial charge in [-0.25, -0.2) is 8.42 Å². The average Bonchev–Trinajstić information content (AvgIpc) is 2.98. The van der Waals surface area contributed by atoms with Crippen molar-refractivity contribution in [2.45, 2.75) is 58.0 Å². The second kappa shape index (κ2) is 15.0. The maximum Gasteiger partial charge on any atom is 0.273 e. The molecule has 0 aliphatic heterocycles. The number of methoxy groups -OCH3 is 1. The maximum absolute atomic E-state index is 14.2. The van der Waals surface area contributed by atoms with Gasteiger partial charge in [-0.3, -0.25) is 24.0 Å². The zero-order valence-electron chi connectivity index (χ0n) is 25.4. The number of hydrogen-bond donors (Lipinski definition) is 1. The van der Waals surface area contributed by atoms with Crippen LogP contribution in [0, 0.1) is 24.0 Å². The molecule has 0 bridgehead atoms. The number of hydrogen-bond acceptors (Lipinski definition) is 7. The summed E-state index contributed by atoms with van der Waals surface area (Å²) in [5, 5.41) is 14.7. The highest BCUT2D eigenvalue weighted by Gasteiger charge is 2.35. The van der Waals surface area contributed by atoms with Gasteiger partial charge in [0.2, 0.25) is 11.8 Å². The Morgan fingerprint density at radius 1 is 1.07 bits per heavy atom. The fourth-order valence-electron chi connectivity index (χ4n) is 4.74. The molecular formula is C31H37ClN4O7S. The summed E-state index contributed by atoms with van der Waals surface area (Å²) in [5.74, 6) is -0.929. The summed E-state index contributed by atoms with van der Waals surface area (Å²) < 4.78 is 34.7. The minimum atomic E-state index is -4.61. The molecule has 0 heterocycles. The van der Waals surface area contributed by atoms with Crippen LogP contribution < -0.4 is 14.4 Å². The third-order valence-electron chi connectivity index (χ3n) is 7.02. The molecule has 0 unspecified atom stereocenters. The highest BCUT2D eigenvalue weighted by Crippen LogP contribution is 2.36. The number of nitro groups is 1. The predicted octanol–water partition coefficient (Wildman–Crippen LogP) is 5.40. The molecule has 2 amide bonds. The van der Waals surface area contributed by atoms with E-state index in [1.165, 1.54) is 49.3 Å². The molecule has 13 heteroatoms. The first-order valence-electron chi connectivity index (χ1n) is 14.1. The van der Waals surface area contributed by atoms with Crippen molar-refractivity contribution in [2.24, 2.45) is 0 Å². The molecule has 3 aromatic rings. The van der Waals surface area contributed by atoms with Crippen LogP contribution in [0.1, 0.15) is 43.4 Å². The van der Waals surface area contributed by atoms with Crippen molar-refractivity contribution in [3.63, 3.8) is 0 Å². The largest absolute Gasteiger partial charge is 0.495 e. The zero-order chi connectivity index (χ0) is 32.6. The number of ether oxygens (including phenoxy) is 1. The van der Waals surface area contributed by atoms with Crippen LogP contribution in [0.15, 0.2) is 65.6 Å². The average molecular weight is 645 g/mol. The lowest BCUT2D eigenvalue weighted by Gasteiger charge is -2.33. The van der Waals surface area contributed by atoms with Gasteiger partial charge < -0.3 is 15.0 Å². The molecule has 0 radical (unpaired) electrons. The van der Waals surface area contributed by atoms with Crippen LogP contribution in [0.25, 0.3) is 0 Å². The van der Waals surface area contributed by atoms with Crippen molar-refractivity contribution in [3.05, 3.63) is 92.5 Å². The van der Waals surface area contributed by atoms with Gasteiger partial charge in [0, 0.05) is 29.7 Å². The van der Waals surface area contributed by atoms with Crippen molar-refractivity contribution in [1.29, 1.82) is 0 Å². The summed E-state index contributed by atoms with van der Waals surface area (Å²) in [5.41, 5.74) is 1.53. The third kappa shape index (κ3) is 8.06. The number of carbonyl (C=O) groups excluding carboxylic acids is 2. The summed E-state index contributed by atoms with van der Waals surface area (Å²) in [6, 6.07) is 14.4. The Morgan fingerprint density at radius 2 is 1.80 bits per heavy atom. The van der Waals surface area contributed by atoms with E-state index in [1.54, 1.807) is 6.92 Å². The van der Waals surface area contributed by atoms with E-state index >= 15 is 0 Å². The van der Waals surface area contributed by atoms with Crippen LogP contribution in [0.3, 0.4) is 0 Å². The predicted molar refractivity (Wildman–Crippen MR) is 169 cm³/mol. The highest BCUT2D eigenvalue weighted by molar-refractivity contribution is 7.92.